The van der Waals surface area contributed by atoms with Gasteiger partial charge >= 0.3 is 0 Å². The number of hydrogen-bond acceptors (Lipinski definition) is 2. The number of aromatic nitrogens is 3. The number of hydrogen-bond donors (Lipinski definition) is 1. The Morgan fingerprint density at radius 3 is 2.83 bits per heavy atom. The Morgan fingerprint density at radius 1 is 1.67 bits per heavy atom. The molecule has 1 N–H and O–H groups in total. The van der Waals surface area contributed by atoms with Crippen LogP contribution in [-0.2, 0) is 0 Å². The molecule has 1 aliphatic carbocycles. The lowest BCUT2D eigenvalue weighted by molar-refractivity contribution is 0.920. The van der Waals surface area contributed by atoms with Crippen molar-refractivity contribution in [2.24, 2.45) is 0 Å². The third-order valence-corrected chi connectivity index (χ3v) is 0.730. The Kier molecular flexibility index (Phi) is 0.151. The van der Waals surface area contributed by atoms with Crippen LogP contribution < -0.4 is 10.7 Å². The quantitative estimate of drug-likeness (QED) is 0.392. The molecule has 0 amide bonds. The Morgan fingerprint density at radius 2 is 2.67 bits per heavy atom. The summed E-state index contributed by atoms with van der Waals surface area (Å²) in [4.78, 5) is 0. The lowest BCUT2D eigenvalue weighted by atomic mass is 11.0. The van der Waals surface area contributed by atoms with Crippen molar-refractivity contribution in [2.75, 3.05) is 0 Å². The van der Waals surface area contributed by atoms with Gasteiger partial charge in [-0.1, -0.05) is 10.9 Å². The molecule has 1 aromatic heterocycles. The summed E-state index contributed by atoms with van der Waals surface area (Å²) in [6.07, 6.45) is 0. The van der Waals surface area contributed by atoms with E-state index in [9.17, 15) is 0 Å². The van der Waals surface area contributed by atoms with Crippen molar-refractivity contribution in [1.29, 1.82) is 0 Å². The van der Waals surface area contributed by atoms with E-state index >= 15 is 0 Å². The molecule has 0 aliphatic heterocycles. The van der Waals surface area contributed by atoms with Crippen LogP contribution in [0.15, 0.2) is 0 Å². The number of fused-ring (bicyclic) bond motifs is 1. The maximum absolute atomic E-state index is 3.59. The standard InChI is InChI=1S/C3HN3/c1-2-3(1)5-6-4-2/h(H,4,5). The van der Waals surface area contributed by atoms with Gasteiger partial charge in [-0.3, -0.25) is 0 Å². The summed E-state index contributed by atoms with van der Waals surface area (Å²) in [7, 11) is 0. The zero-order chi connectivity index (χ0) is 3.98. The topological polar surface area (TPSA) is 41.6 Å². The molecule has 0 bridgehead atoms. The van der Waals surface area contributed by atoms with Crippen molar-refractivity contribution in [3.05, 3.63) is 10.7 Å². The van der Waals surface area contributed by atoms with Crippen LogP contribution in [0, 0.1) is 0 Å². The molecule has 3 nitrogen and oxygen atoms in total. The predicted octanol–water partition coefficient (Wildman–Crippen LogP) is -2.13. The van der Waals surface area contributed by atoms with E-state index in [0.29, 0.717) is 0 Å². The Bertz CT molecular complexity index is 253. The van der Waals surface area contributed by atoms with E-state index in [-0.39, 0.29) is 0 Å². The second-order valence-corrected chi connectivity index (χ2v) is 1.16. The average molecular weight is 79.1 g/mol. The Balaban J connectivity index is 3.30. The van der Waals surface area contributed by atoms with Crippen molar-refractivity contribution in [3.63, 3.8) is 0 Å². The number of H-pyrrole nitrogens is 1. The molecule has 3 heteroatoms. The minimum Gasteiger partial charge on any atom is -0.249 e. The minimum atomic E-state index is 0.884. The first-order chi connectivity index (χ1) is 2.97. The third kappa shape index (κ3) is 0.0903. The van der Waals surface area contributed by atoms with E-state index in [0.717, 1.165) is 10.7 Å². The van der Waals surface area contributed by atoms with E-state index < -0.39 is 0 Å². The number of nitrogens with zero attached hydrogens (tertiary/aromatic N) is 2. The highest BCUT2D eigenvalue weighted by molar-refractivity contribution is 5.26. The molecule has 28 valence electrons. The molecule has 0 aromatic carbocycles. The van der Waals surface area contributed by atoms with Gasteiger partial charge in [0.15, 0.2) is 5.35 Å². The smallest absolute Gasteiger partial charge is 0.165 e. The van der Waals surface area contributed by atoms with Gasteiger partial charge in [0.05, 0.1) is 0 Å². The maximum atomic E-state index is 3.59. The molecule has 1 aliphatic rings. The summed E-state index contributed by atoms with van der Waals surface area (Å²) in [6.45, 7) is 0. The zero-order valence-electron chi connectivity index (χ0n) is 2.89. The first-order valence-electron chi connectivity index (χ1n) is 1.65. The van der Waals surface area contributed by atoms with Crippen LogP contribution in [0.25, 0.3) is 5.73 Å². The molecule has 1 aromatic rings. The Hall–Kier alpha value is -1.08. The Labute approximate surface area is 33.0 Å². The van der Waals surface area contributed by atoms with Gasteiger partial charge in [0.25, 0.3) is 0 Å². The molecule has 0 unspecified atom stereocenters. The molecule has 0 atom stereocenters. The van der Waals surface area contributed by atoms with Gasteiger partial charge in [0.1, 0.15) is 5.35 Å². The summed E-state index contributed by atoms with van der Waals surface area (Å²) in [5.74, 6) is 0. The lowest BCUT2D eigenvalue weighted by Crippen LogP contribution is -2.03. The largest absolute Gasteiger partial charge is 0.249 e. The predicted molar refractivity (Wildman–Crippen MR) is 18.1 cm³/mol. The fourth-order valence-corrected chi connectivity index (χ4v) is 0.368. The molecule has 0 spiro atoms. The van der Waals surface area contributed by atoms with Gasteiger partial charge < -0.3 is 0 Å². The molecular formula is C3HN3. The van der Waals surface area contributed by atoms with Gasteiger partial charge in [-0.2, -0.15) is 0 Å². The second kappa shape index (κ2) is 0.420. The number of rotatable bonds is 0. The normalized spacial score (nSPS) is 11.3. The molecule has 0 saturated carbocycles. The van der Waals surface area contributed by atoms with Crippen LogP contribution in [-0.4, -0.2) is 15.4 Å². The van der Waals surface area contributed by atoms with Crippen molar-refractivity contribution >= 4 is 5.73 Å². The monoisotopic (exact) mass is 79.0 g/mol. The SMILES string of the molecule is C1=c2nn[nH]c2=1. The lowest BCUT2D eigenvalue weighted by Gasteiger charge is -1.50. The van der Waals surface area contributed by atoms with Gasteiger partial charge in [0.2, 0.25) is 0 Å². The van der Waals surface area contributed by atoms with Crippen molar-refractivity contribution in [1.82, 2.24) is 15.4 Å². The van der Waals surface area contributed by atoms with Gasteiger partial charge in [-0.25, -0.2) is 5.10 Å². The van der Waals surface area contributed by atoms with Crippen LogP contribution in [0.2, 0.25) is 0 Å². The summed E-state index contributed by atoms with van der Waals surface area (Å²) < 4.78 is 0. The molecule has 0 radical (unpaired) electrons. The summed E-state index contributed by atoms with van der Waals surface area (Å²) in [6, 6.07) is 0. The maximum Gasteiger partial charge on any atom is 0.165 e. The average Bonchev–Trinajstić information content (AvgIpc) is 2.17. The zero-order valence-corrected chi connectivity index (χ0v) is 2.89. The highest BCUT2D eigenvalue weighted by atomic mass is 15.3. The van der Waals surface area contributed by atoms with Crippen LogP contribution in [0.3, 0.4) is 0 Å². The molecule has 1 heterocycles. The molecule has 0 fully saturated rings. The van der Waals surface area contributed by atoms with Crippen LogP contribution >= 0.6 is 0 Å². The highest BCUT2D eigenvalue weighted by Gasteiger charge is 1.93. The highest BCUT2D eigenvalue weighted by Crippen LogP contribution is 1.47. The number of aromatic amines is 1. The van der Waals surface area contributed by atoms with Crippen LogP contribution in [0.1, 0.15) is 0 Å². The first-order valence-corrected chi connectivity index (χ1v) is 1.65. The van der Waals surface area contributed by atoms with Gasteiger partial charge in [0, 0.05) is 0 Å². The van der Waals surface area contributed by atoms with E-state index in [1.165, 1.54) is 0 Å². The van der Waals surface area contributed by atoms with E-state index in [2.05, 4.69) is 21.1 Å². The first kappa shape index (κ1) is 2.16. The van der Waals surface area contributed by atoms with E-state index in [1.54, 1.807) is 0 Å². The fraction of sp³-hybridized carbons (Fsp3) is 0. The third-order valence-electron chi connectivity index (χ3n) is 0.730. The van der Waals surface area contributed by atoms with E-state index in [4.69, 9.17) is 0 Å². The summed E-state index contributed by atoms with van der Waals surface area (Å²) in [5.41, 5.74) is 2.83. The second-order valence-electron chi connectivity index (χ2n) is 1.16. The van der Waals surface area contributed by atoms with E-state index in [1.807, 2.05) is 0 Å². The summed E-state index contributed by atoms with van der Waals surface area (Å²) in [5, 5.41) is 11.5. The number of nitrogens with one attached hydrogen (secondary N) is 1. The van der Waals surface area contributed by atoms with Crippen LogP contribution in [0.5, 0.6) is 0 Å². The minimum absolute atomic E-state index is 0.884. The van der Waals surface area contributed by atoms with Gasteiger partial charge in [-0.15, -0.1) is 5.10 Å². The van der Waals surface area contributed by atoms with Crippen molar-refractivity contribution < 1.29 is 0 Å². The fourth-order valence-electron chi connectivity index (χ4n) is 0.368. The van der Waals surface area contributed by atoms with Crippen molar-refractivity contribution in [3.8, 4) is 0 Å². The molecule has 2 rings (SSSR count). The molecule has 6 heavy (non-hydrogen) atoms. The van der Waals surface area contributed by atoms with Crippen molar-refractivity contribution in [2.45, 2.75) is 0 Å². The van der Waals surface area contributed by atoms with Gasteiger partial charge in [-0.05, 0) is 0 Å². The molecular weight excluding hydrogens is 78.1 g/mol. The molecule has 0 saturated heterocycles. The summed E-state index contributed by atoms with van der Waals surface area (Å²) >= 11 is 0. The van der Waals surface area contributed by atoms with Crippen LogP contribution in [0.4, 0.5) is 0 Å².